The monoisotopic (exact) mass is 1660 g/mol. The number of aromatic nitrogens is 3. The first-order valence-electron chi connectivity index (χ1n) is 35.1. The third kappa shape index (κ3) is 32.4. The largest absolute Gasteiger partial charge is 0.480 e. The number of aliphatic imine (C=N–C) groups is 1. The van der Waals surface area contributed by atoms with Crippen molar-refractivity contribution >= 4 is 99.7 Å². The summed E-state index contributed by atoms with van der Waals surface area (Å²) in [6.45, 7) is 0.0768. The fourth-order valence-corrected chi connectivity index (χ4v) is 11.9. The van der Waals surface area contributed by atoms with Gasteiger partial charge in [0.05, 0.1) is 52.0 Å². The molecule has 2 fully saturated rings. The van der Waals surface area contributed by atoms with Gasteiger partial charge in [0.2, 0.25) is 65.0 Å². The van der Waals surface area contributed by atoms with E-state index >= 15 is 0 Å². The van der Waals surface area contributed by atoms with Crippen LogP contribution in [0.4, 0.5) is 0 Å². The van der Waals surface area contributed by atoms with Gasteiger partial charge in [-0.05, 0) is 55.7 Å². The molecule has 107 heavy (non-hydrogen) atoms. The van der Waals surface area contributed by atoms with E-state index in [1.54, 1.807) is 69.1 Å². The summed E-state index contributed by atoms with van der Waals surface area (Å²) in [7, 11) is 0. The molecule has 38 nitrogen and oxygen atoms in total. The number of nitrogens with two attached hydrogens (primary N) is 3. The fraction of sp³-hybridized carbons (Fsp3) is 0.529. The van der Waals surface area contributed by atoms with Crippen molar-refractivity contribution in [2.75, 3.05) is 105 Å². The minimum absolute atomic E-state index is 0. The zero-order valence-corrected chi connectivity index (χ0v) is 61.2. The predicted octanol–water partition coefficient (Wildman–Crippen LogP) is -5.56. The number of carboxylic acids is 3. The number of primary amides is 1. The van der Waals surface area contributed by atoms with Crippen LogP contribution in [0.25, 0.3) is 10.9 Å². The maximum absolute atomic E-state index is 14.9. The molecule has 0 saturated carbocycles. The average Bonchev–Trinajstić information content (AvgIpc) is 1.74. The van der Waals surface area contributed by atoms with Crippen molar-refractivity contribution in [3.8, 4) is 0 Å². The minimum atomic E-state index is -1.78. The number of aliphatic carboxylic acids is 3. The normalized spacial score (nSPS) is 20.3. The van der Waals surface area contributed by atoms with Crippen molar-refractivity contribution in [1.82, 2.24) is 87.7 Å². The second kappa shape index (κ2) is 46.2. The van der Waals surface area contributed by atoms with Crippen LogP contribution in [-0.2, 0) is 86.4 Å². The Hall–Kier alpha value is -9.89. The van der Waals surface area contributed by atoms with Gasteiger partial charge in [0.1, 0.15) is 42.3 Å². The van der Waals surface area contributed by atoms with E-state index < -0.39 is 145 Å². The smallest absolute Gasteiger partial charge is 0.317 e. The van der Waals surface area contributed by atoms with Crippen LogP contribution >= 0.6 is 0 Å². The summed E-state index contributed by atoms with van der Waals surface area (Å²) in [4.78, 5) is 211. The molecule has 21 N–H and O–H groups in total. The molecule has 0 spiro atoms. The Morgan fingerprint density at radius 1 is 0.607 bits per heavy atom. The van der Waals surface area contributed by atoms with Gasteiger partial charge in [0.25, 0.3) is 0 Å². The number of fused-ring (bicyclic) bond motifs is 1. The number of nitrogens with one attached hydrogen (secondary N) is 12. The number of benzene rings is 2. The van der Waals surface area contributed by atoms with Gasteiger partial charge in [-0.25, -0.2) is 4.98 Å². The van der Waals surface area contributed by atoms with Crippen LogP contribution in [0.15, 0.2) is 78.3 Å². The molecule has 11 amide bonds. The van der Waals surface area contributed by atoms with Crippen LogP contribution in [0.3, 0.4) is 0 Å². The molecule has 0 aliphatic carbocycles. The van der Waals surface area contributed by atoms with Crippen molar-refractivity contribution in [2.45, 2.75) is 126 Å². The van der Waals surface area contributed by atoms with E-state index in [9.17, 15) is 82.4 Å². The van der Waals surface area contributed by atoms with Crippen molar-refractivity contribution in [2.24, 2.45) is 22.2 Å². The summed E-state index contributed by atoms with van der Waals surface area (Å²) >= 11 is 0. The van der Waals surface area contributed by atoms with Gasteiger partial charge in [-0.1, -0.05) is 68.3 Å². The first kappa shape index (κ1) is 87.7. The van der Waals surface area contributed by atoms with Crippen molar-refractivity contribution in [3.63, 3.8) is 0 Å². The number of imidazole rings is 1. The minimum Gasteiger partial charge on any atom is -0.480 e. The number of nitrogens with zero attached hydrogens (tertiary/aromatic N) is 6. The third-order valence-electron chi connectivity index (χ3n) is 17.5. The van der Waals surface area contributed by atoms with Gasteiger partial charge < -0.3 is 95.7 Å². The van der Waals surface area contributed by atoms with Gasteiger partial charge in [-0.2, -0.15) is 0 Å². The van der Waals surface area contributed by atoms with Gasteiger partial charge in [0, 0.05) is 151 Å². The molecule has 0 unspecified atom stereocenters. The molecule has 4 aromatic rings. The number of carbonyl (C=O) groups excluding carboxylic acids is 11. The topological polar surface area (TPSA) is 568 Å². The van der Waals surface area contributed by atoms with E-state index in [-0.39, 0.29) is 192 Å². The Morgan fingerprint density at radius 2 is 1.14 bits per heavy atom. The van der Waals surface area contributed by atoms with E-state index in [4.69, 9.17) is 17.2 Å². The number of aromatic amines is 2. The Labute approximate surface area is 646 Å². The molecular formula is C68H99LuN21O17. The van der Waals surface area contributed by atoms with E-state index in [1.165, 1.54) is 12.5 Å². The van der Waals surface area contributed by atoms with Crippen LogP contribution < -0.4 is 70.4 Å². The Kier molecular flexibility index (Phi) is 37.9. The zero-order chi connectivity index (χ0) is 77.1. The van der Waals surface area contributed by atoms with Crippen molar-refractivity contribution < 1.29 is 119 Å². The van der Waals surface area contributed by atoms with Crippen molar-refractivity contribution in [3.05, 3.63) is 90.1 Å². The molecule has 2 aliphatic heterocycles. The molecule has 2 aromatic heterocycles. The number of hydrogen-bond donors (Lipinski definition) is 18. The average molecular weight is 1660 g/mol. The summed E-state index contributed by atoms with van der Waals surface area (Å²) in [5, 5.41) is 55.7. The number of unbranched alkanes of at least 4 members (excludes halogenated alkanes) is 1. The maximum atomic E-state index is 14.9. The quantitative estimate of drug-likeness (QED) is 0.0137. The van der Waals surface area contributed by atoms with Gasteiger partial charge in [0.15, 0.2) is 5.96 Å². The summed E-state index contributed by atoms with van der Waals surface area (Å²) in [5.41, 5.74) is 19.3. The first-order chi connectivity index (χ1) is 50.7. The van der Waals surface area contributed by atoms with Crippen LogP contribution in [0.1, 0.15) is 81.5 Å². The van der Waals surface area contributed by atoms with E-state index in [0.29, 0.717) is 29.7 Å². The molecule has 1 radical (unpaired) electrons. The number of carboxylic acid groups (broad SMARTS) is 3. The van der Waals surface area contributed by atoms with Crippen LogP contribution in [-0.4, -0.2) is 286 Å². The molecule has 2 aliphatic rings. The predicted molar refractivity (Wildman–Crippen MR) is 383 cm³/mol. The van der Waals surface area contributed by atoms with Crippen molar-refractivity contribution in [1.29, 1.82) is 0 Å². The number of guanidine groups is 1. The molecule has 2 aromatic carbocycles. The standard InChI is InChI=1S/C68H99N21O17.Lu/c1-2-3-15-48(79-56(92)36-76-55(91)35-77-57(93)37-86-21-23-87(38-58(94)95)25-27-89(40-60(98)99)28-26-88(24-22-86)39-59(96)97)62(101)85-53-32-54(90)73-19-10-9-17-47(61(69)100)80-65(104)51(30-43-33-75-46-16-8-7-14-45(43)46)83-63(102)49(18-11-20-74-68(70)71)81-64(103)50(29-42-12-5-4-6-13-42)82-66(105)52(84-67(53)106)31-44-34-72-41-78-44;/h4-8,12-14,16,33-34,41,47-53,75H,2-3,9-11,15,17-32,35-40H2,1H3,(H2,69,100)(H,72,78)(H,73,90)(H,76,91)(H,77,93)(H,79,92)(H,80,104)(H,81,103)(H,82,105)(H,83,102)(H,84,106)(H,85,101)(H,94,95)(H,96,97)(H,98,99)(H4,70,71,74);/t47-,48-,49-,50+,51-,52-,53-;/m0./s1/i;1+2. The molecule has 6 rings (SSSR count). The number of rotatable bonds is 29. The summed E-state index contributed by atoms with van der Waals surface area (Å²) < 4.78 is 0. The van der Waals surface area contributed by atoms with E-state index in [2.05, 4.69) is 73.1 Å². The molecular weight excluding hydrogens is 1560 g/mol. The number of carbonyl (C=O) groups is 14. The third-order valence-corrected chi connectivity index (χ3v) is 17.5. The number of para-hydroxylation sites is 1. The first-order valence-corrected chi connectivity index (χ1v) is 35.1. The second-order valence-corrected chi connectivity index (χ2v) is 25.9. The van der Waals surface area contributed by atoms with Crippen LogP contribution in [0, 0.1) is 36.9 Å². The SMILES string of the molecule is CCCC[C@H](NC(=O)CNC(=O)CNC(=O)CN1CCN(CC(=O)O)CCN(CC(=O)O)CCN(CC(=O)O)CC1)C(=O)N[C@H]1CC(=O)NCCCC[C@@H](C(N)=O)NC(=O)[C@H](Cc2c[nH]c3ccccc23)NC(=O)[C@H](CCCN=C(N)N)NC(=O)[C@@H](Cc2ccccc2)NC(=O)[C@H](Cc2cnc[nH]2)NC1=O.[177Lu]. The molecule has 0 bridgehead atoms. The molecule has 2 saturated heterocycles. The number of hydrogen-bond acceptors (Lipinski definition) is 20. The number of H-pyrrole nitrogens is 2. The summed E-state index contributed by atoms with van der Waals surface area (Å²) in [5.74, 6) is -13.2. The second-order valence-electron chi connectivity index (χ2n) is 25.9. The van der Waals surface area contributed by atoms with Gasteiger partial charge in [-0.15, -0.1) is 0 Å². The summed E-state index contributed by atoms with van der Waals surface area (Å²) in [6, 6.07) is 5.35. The summed E-state index contributed by atoms with van der Waals surface area (Å²) in [6.07, 6.45) is 4.15. The zero-order valence-electron chi connectivity index (χ0n) is 59.5. The molecule has 39 heteroatoms. The van der Waals surface area contributed by atoms with E-state index in [1.807, 2.05) is 18.2 Å². The Morgan fingerprint density at radius 3 is 1.72 bits per heavy atom. The van der Waals surface area contributed by atoms with Crippen LogP contribution in [0.2, 0.25) is 0 Å². The molecule has 7 atom stereocenters. The molecule has 4 heterocycles. The van der Waals surface area contributed by atoms with Crippen LogP contribution in [0.5, 0.6) is 0 Å². The van der Waals surface area contributed by atoms with Gasteiger partial charge >= 0.3 is 17.9 Å². The van der Waals surface area contributed by atoms with Gasteiger partial charge in [-0.3, -0.25) is 91.7 Å². The molecule has 593 valence electrons. The Bertz CT molecular complexity index is 3640. The number of amides is 11. The van der Waals surface area contributed by atoms with E-state index in [0.717, 1.165) is 10.9 Å². The Balaban J connectivity index is 0.0000205. The fourth-order valence-electron chi connectivity index (χ4n) is 11.9. The maximum Gasteiger partial charge on any atom is 0.317 e.